The van der Waals surface area contributed by atoms with Crippen LogP contribution in [0.5, 0.6) is 0 Å². The Bertz CT molecular complexity index is 72.8. The molecule has 0 spiro atoms. The minimum Gasteiger partial charge on any atom is -0.425 e. The van der Waals surface area contributed by atoms with E-state index < -0.39 is 0 Å². The Hall–Kier alpha value is 0.725. The van der Waals surface area contributed by atoms with Crippen LogP contribution in [0.1, 0.15) is 26.7 Å². The highest BCUT2D eigenvalue weighted by molar-refractivity contribution is 8.79. The third-order valence-electron chi connectivity index (χ3n) is 1.15. The molecule has 1 nitrogen and oxygen atoms in total. The van der Waals surface area contributed by atoms with Gasteiger partial charge in [-0.05, 0) is 12.7 Å². The smallest absolute Gasteiger partial charge is 0.371 e. The van der Waals surface area contributed by atoms with E-state index in [1.807, 2.05) is 0 Å². The van der Waals surface area contributed by atoms with Gasteiger partial charge in [-0.3, -0.25) is 0 Å². The molecule has 10 heavy (non-hydrogen) atoms. The SMILES string of the molecule is CCCOB(CCC)SS. The van der Waals surface area contributed by atoms with Gasteiger partial charge in [0.1, 0.15) is 0 Å². The zero-order valence-corrected chi connectivity index (χ0v) is 8.38. The summed E-state index contributed by atoms with van der Waals surface area (Å²) in [6, 6.07) is 0. The van der Waals surface area contributed by atoms with Crippen molar-refractivity contribution in [2.24, 2.45) is 0 Å². The van der Waals surface area contributed by atoms with Gasteiger partial charge in [0.15, 0.2) is 0 Å². The fraction of sp³-hybridized carbons (Fsp3) is 1.00. The van der Waals surface area contributed by atoms with E-state index in [1.165, 1.54) is 17.1 Å². The van der Waals surface area contributed by atoms with Crippen molar-refractivity contribution in [1.82, 2.24) is 0 Å². The van der Waals surface area contributed by atoms with Gasteiger partial charge >= 0.3 is 6.19 Å². The third kappa shape index (κ3) is 5.51. The van der Waals surface area contributed by atoms with Crippen LogP contribution in [0.25, 0.3) is 0 Å². The monoisotopic (exact) mass is 178 g/mol. The molecule has 0 saturated heterocycles. The van der Waals surface area contributed by atoms with E-state index in [1.54, 1.807) is 0 Å². The normalized spacial score (nSPS) is 9.90. The molecule has 0 aliphatic carbocycles. The molecule has 0 radical (unpaired) electrons. The van der Waals surface area contributed by atoms with E-state index in [-0.39, 0.29) is 0 Å². The maximum absolute atomic E-state index is 5.47. The molecule has 0 amide bonds. The van der Waals surface area contributed by atoms with Crippen molar-refractivity contribution in [3.8, 4) is 0 Å². The maximum Gasteiger partial charge on any atom is 0.371 e. The molecule has 0 aromatic heterocycles. The topological polar surface area (TPSA) is 9.23 Å². The van der Waals surface area contributed by atoms with Gasteiger partial charge in [0, 0.05) is 6.61 Å². The summed E-state index contributed by atoms with van der Waals surface area (Å²) < 4.78 is 5.47. The Kier molecular flexibility index (Phi) is 8.40. The summed E-state index contributed by atoms with van der Waals surface area (Å²) in [6.07, 6.45) is 3.67. The largest absolute Gasteiger partial charge is 0.425 e. The van der Waals surface area contributed by atoms with Crippen LogP contribution in [0.15, 0.2) is 0 Å². The molecule has 4 heteroatoms. The quantitative estimate of drug-likeness (QED) is 0.380. The molecule has 0 N–H and O–H groups in total. The van der Waals surface area contributed by atoms with Crippen molar-refractivity contribution in [1.29, 1.82) is 0 Å². The van der Waals surface area contributed by atoms with Gasteiger partial charge in [0.25, 0.3) is 0 Å². The van der Waals surface area contributed by atoms with Crippen LogP contribution in [0.2, 0.25) is 6.32 Å². The molecule has 60 valence electrons. The summed E-state index contributed by atoms with van der Waals surface area (Å²) >= 11 is 4.11. The van der Waals surface area contributed by atoms with E-state index in [2.05, 4.69) is 25.5 Å². The van der Waals surface area contributed by atoms with Crippen LogP contribution >= 0.6 is 22.3 Å². The summed E-state index contributed by atoms with van der Waals surface area (Å²) in [7, 11) is 1.51. The second-order valence-electron chi connectivity index (χ2n) is 2.19. The van der Waals surface area contributed by atoms with Crippen molar-refractivity contribution in [3.05, 3.63) is 0 Å². The van der Waals surface area contributed by atoms with Crippen LogP contribution < -0.4 is 0 Å². The highest BCUT2D eigenvalue weighted by Gasteiger charge is 2.12. The first-order valence-electron chi connectivity index (χ1n) is 3.77. The molecule has 0 rings (SSSR count). The average Bonchev–Trinajstić information content (AvgIpc) is 1.98. The van der Waals surface area contributed by atoms with Crippen LogP contribution in [0.3, 0.4) is 0 Å². The first kappa shape index (κ1) is 10.7. The van der Waals surface area contributed by atoms with Gasteiger partial charge in [0.2, 0.25) is 0 Å². The Balaban J connectivity index is 3.21. The second kappa shape index (κ2) is 7.83. The lowest BCUT2D eigenvalue weighted by molar-refractivity contribution is 0.330. The molecule has 0 heterocycles. The Labute approximate surface area is 73.1 Å². The van der Waals surface area contributed by atoms with Crippen molar-refractivity contribution in [2.75, 3.05) is 6.61 Å². The first-order valence-corrected chi connectivity index (χ1v) is 5.70. The van der Waals surface area contributed by atoms with E-state index in [4.69, 9.17) is 4.65 Å². The third-order valence-corrected chi connectivity index (χ3v) is 2.46. The average molecular weight is 178 g/mol. The molecule has 0 aliphatic rings. The van der Waals surface area contributed by atoms with Crippen LogP contribution in [0.4, 0.5) is 0 Å². The zero-order valence-electron chi connectivity index (χ0n) is 6.67. The number of hydrogen-bond acceptors (Lipinski definition) is 3. The van der Waals surface area contributed by atoms with Gasteiger partial charge < -0.3 is 4.65 Å². The molecular formula is C6H15BOS2. The van der Waals surface area contributed by atoms with Gasteiger partial charge in [0.05, 0.1) is 0 Å². The Morgan fingerprint density at radius 2 is 2.10 bits per heavy atom. The van der Waals surface area contributed by atoms with Gasteiger partial charge in [-0.15, -0.1) is 22.3 Å². The van der Waals surface area contributed by atoms with E-state index >= 15 is 0 Å². The van der Waals surface area contributed by atoms with Gasteiger partial charge in [-0.1, -0.05) is 20.3 Å². The molecule has 0 aromatic carbocycles. The van der Waals surface area contributed by atoms with Crippen molar-refractivity contribution in [3.63, 3.8) is 0 Å². The van der Waals surface area contributed by atoms with Gasteiger partial charge in [-0.2, -0.15) is 0 Å². The summed E-state index contributed by atoms with van der Waals surface area (Å²) in [6.45, 7) is 5.14. The maximum atomic E-state index is 5.47. The lowest BCUT2D eigenvalue weighted by Gasteiger charge is -2.08. The zero-order chi connectivity index (χ0) is 7.82. The predicted molar refractivity (Wildman–Crippen MR) is 53.7 cm³/mol. The van der Waals surface area contributed by atoms with Crippen LogP contribution in [-0.4, -0.2) is 12.8 Å². The number of rotatable bonds is 6. The van der Waals surface area contributed by atoms with E-state index in [0.29, 0.717) is 6.19 Å². The standard InChI is InChI=1S/C6H15BOS2/c1-3-5-7(10-9)8-6-4-2/h9H,3-6H2,1-2H3. The van der Waals surface area contributed by atoms with Crippen molar-refractivity contribution < 1.29 is 4.65 Å². The van der Waals surface area contributed by atoms with Crippen LogP contribution in [-0.2, 0) is 4.65 Å². The van der Waals surface area contributed by atoms with Crippen molar-refractivity contribution in [2.45, 2.75) is 33.0 Å². The Morgan fingerprint density at radius 1 is 1.40 bits per heavy atom. The van der Waals surface area contributed by atoms with Gasteiger partial charge in [-0.25, -0.2) is 0 Å². The van der Waals surface area contributed by atoms with E-state index in [9.17, 15) is 0 Å². The van der Waals surface area contributed by atoms with Crippen LogP contribution in [0, 0.1) is 0 Å². The predicted octanol–water partition coefficient (Wildman–Crippen LogP) is 2.89. The number of thiol groups is 1. The molecule has 0 aromatic rings. The molecule has 0 atom stereocenters. The molecule has 0 unspecified atom stereocenters. The minimum absolute atomic E-state index is 0.299. The highest BCUT2D eigenvalue weighted by Crippen LogP contribution is 2.17. The summed E-state index contributed by atoms with van der Waals surface area (Å²) in [5.74, 6) is 0. The lowest BCUT2D eigenvalue weighted by Crippen LogP contribution is -2.12. The van der Waals surface area contributed by atoms with Crippen molar-refractivity contribution >= 4 is 28.5 Å². The number of hydrogen-bond donors (Lipinski definition) is 1. The molecule has 0 aliphatic heterocycles. The summed E-state index contributed by atoms with van der Waals surface area (Å²) in [5, 5.41) is 0. The summed E-state index contributed by atoms with van der Waals surface area (Å²) in [5.41, 5.74) is 0. The second-order valence-corrected chi connectivity index (χ2v) is 3.56. The fourth-order valence-corrected chi connectivity index (χ4v) is 1.65. The molecule has 0 saturated carbocycles. The minimum atomic E-state index is 0.299. The molecule has 0 fully saturated rings. The Morgan fingerprint density at radius 3 is 2.50 bits per heavy atom. The molecular weight excluding hydrogens is 163 g/mol. The molecule has 0 bridgehead atoms. The summed E-state index contributed by atoms with van der Waals surface area (Å²) in [4.78, 5) is 0. The first-order chi connectivity index (χ1) is 4.85. The fourth-order valence-electron chi connectivity index (χ4n) is 0.651. The van der Waals surface area contributed by atoms with E-state index in [0.717, 1.165) is 19.3 Å². The lowest BCUT2D eigenvalue weighted by atomic mass is 9.91. The highest BCUT2D eigenvalue weighted by atomic mass is 33.1.